The van der Waals surface area contributed by atoms with Crippen LogP contribution in [0.2, 0.25) is 0 Å². The summed E-state index contributed by atoms with van der Waals surface area (Å²) in [6.45, 7) is -0.177. The van der Waals surface area contributed by atoms with Gasteiger partial charge in [-0.1, -0.05) is 61.4 Å². The summed E-state index contributed by atoms with van der Waals surface area (Å²) in [5, 5.41) is 24.1. The fourth-order valence-corrected chi connectivity index (χ4v) is 5.12. The molecule has 4 rings (SSSR count). The first-order chi connectivity index (χ1) is 16.5. The normalized spacial score (nSPS) is 16.9. The Balaban J connectivity index is 1.39. The monoisotopic (exact) mass is 466 g/mol. The van der Waals surface area contributed by atoms with Gasteiger partial charge >= 0.3 is 12.1 Å². The van der Waals surface area contributed by atoms with Gasteiger partial charge in [-0.3, -0.25) is 9.59 Å². The molecular formula is C26H30N2O6. The third kappa shape index (κ3) is 5.22. The Morgan fingerprint density at radius 2 is 1.53 bits per heavy atom. The van der Waals surface area contributed by atoms with E-state index in [-0.39, 0.29) is 25.0 Å². The predicted octanol–water partition coefficient (Wildman–Crippen LogP) is 3.04. The van der Waals surface area contributed by atoms with E-state index in [0.29, 0.717) is 0 Å². The van der Waals surface area contributed by atoms with E-state index in [2.05, 4.69) is 10.6 Å². The van der Waals surface area contributed by atoms with Crippen molar-refractivity contribution in [2.75, 3.05) is 13.2 Å². The molecule has 0 bridgehead atoms. The van der Waals surface area contributed by atoms with E-state index in [4.69, 9.17) is 4.74 Å². The molecule has 2 aromatic carbocycles. The third-order valence-corrected chi connectivity index (χ3v) is 6.82. The first-order valence-corrected chi connectivity index (χ1v) is 11.7. The fraction of sp³-hybridized carbons (Fsp3) is 0.423. The molecule has 2 unspecified atom stereocenters. The predicted molar refractivity (Wildman–Crippen MR) is 125 cm³/mol. The number of ether oxygens (including phenoxy) is 1. The average molecular weight is 467 g/mol. The highest BCUT2D eigenvalue weighted by atomic mass is 16.5. The van der Waals surface area contributed by atoms with Crippen LogP contribution in [0.25, 0.3) is 11.1 Å². The van der Waals surface area contributed by atoms with Crippen LogP contribution in [0.15, 0.2) is 48.5 Å². The molecule has 2 atom stereocenters. The second-order valence-corrected chi connectivity index (χ2v) is 8.96. The van der Waals surface area contributed by atoms with Gasteiger partial charge in [-0.05, 0) is 41.0 Å². The van der Waals surface area contributed by atoms with Crippen LogP contribution in [0, 0.1) is 5.92 Å². The lowest BCUT2D eigenvalue weighted by molar-refractivity contribution is -0.140. The zero-order chi connectivity index (χ0) is 24.1. The van der Waals surface area contributed by atoms with Crippen molar-refractivity contribution in [1.29, 1.82) is 0 Å². The zero-order valence-corrected chi connectivity index (χ0v) is 18.9. The maximum atomic E-state index is 12.8. The van der Waals surface area contributed by atoms with E-state index in [1.165, 1.54) is 0 Å². The number of hydrogen-bond donors (Lipinski definition) is 4. The van der Waals surface area contributed by atoms with E-state index in [0.717, 1.165) is 47.9 Å². The number of nitrogens with one attached hydrogen (secondary N) is 2. The number of alkyl carbamates (subject to hydrolysis) is 1. The number of hydrogen-bond acceptors (Lipinski definition) is 5. The lowest BCUT2D eigenvalue weighted by Gasteiger charge is -2.25. The van der Waals surface area contributed by atoms with Gasteiger partial charge in [0.2, 0.25) is 5.91 Å². The Morgan fingerprint density at radius 3 is 2.09 bits per heavy atom. The average Bonchev–Trinajstić information content (AvgIpc) is 3.47. The molecule has 180 valence electrons. The summed E-state index contributed by atoms with van der Waals surface area (Å²) in [7, 11) is 0. The molecule has 2 aliphatic carbocycles. The minimum atomic E-state index is -1.30. The minimum Gasteiger partial charge on any atom is -0.481 e. The molecule has 8 nitrogen and oxygen atoms in total. The maximum Gasteiger partial charge on any atom is 0.407 e. The van der Waals surface area contributed by atoms with Crippen LogP contribution >= 0.6 is 0 Å². The molecule has 1 saturated carbocycles. The third-order valence-electron chi connectivity index (χ3n) is 6.82. The number of carbonyl (C=O) groups is 3. The van der Waals surface area contributed by atoms with Gasteiger partial charge in [0.25, 0.3) is 0 Å². The summed E-state index contributed by atoms with van der Waals surface area (Å²) in [6.07, 6.45) is 2.42. The Bertz CT molecular complexity index is 1000. The van der Waals surface area contributed by atoms with E-state index in [1.54, 1.807) is 0 Å². The number of benzene rings is 2. The van der Waals surface area contributed by atoms with Gasteiger partial charge in [0, 0.05) is 5.92 Å². The lowest BCUT2D eigenvalue weighted by Crippen LogP contribution is -2.53. The first-order valence-electron chi connectivity index (χ1n) is 11.7. The summed E-state index contributed by atoms with van der Waals surface area (Å²) in [5.74, 6) is -1.86. The first kappa shape index (κ1) is 23.8. The van der Waals surface area contributed by atoms with Crippen molar-refractivity contribution in [3.05, 3.63) is 59.7 Å². The SMILES string of the molecule is O=C(O)CC(NC(=O)OCC1c2ccccc2-c2ccccc21)C(=O)NC(CO)C1CCCC1. The second kappa shape index (κ2) is 10.7. The van der Waals surface area contributed by atoms with Crippen LogP contribution in [-0.4, -0.2) is 53.5 Å². The molecule has 1 fully saturated rings. The molecule has 0 aliphatic heterocycles. The van der Waals surface area contributed by atoms with Crippen molar-refractivity contribution in [3.63, 3.8) is 0 Å². The molecule has 8 heteroatoms. The number of carboxylic acid groups (broad SMARTS) is 1. The molecule has 2 aliphatic rings. The quantitative estimate of drug-likeness (QED) is 0.450. The van der Waals surface area contributed by atoms with Gasteiger partial charge in [0.1, 0.15) is 12.6 Å². The number of aliphatic hydroxyl groups is 1. The molecule has 0 aromatic heterocycles. The Labute approximate surface area is 198 Å². The van der Waals surface area contributed by atoms with Crippen molar-refractivity contribution in [3.8, 4) is 11.1 Å². The molecule has 0 saturated heterocycles. The van der Waals surface area contributed by atoms with Crippen LogP contribution in [0.5, 0.6) is 0 Å². The van der Waals surface area contributed by atoms with Gasteiger partial charge in [0.05, 0.1) is 19.1 Å². The molecule has 0 heterocycles. The van der Waals surface area contributed by atoms with Crippen LogP contribution in [-0.2, 0) is 14.3 Å². The number of amides is 2. The zero-order valence-electron chi connectivity index (χ0n) is 18.9. The number of carboxylic acids is 1. The highest BCUT2D eigenvalue weighted by molar-refractivity contribution is 5.89. The smallest absolute Gasteiger partial charge is 0.407 e. The fourth-order valence-electron chi connectivity index (χ4n) is 5.12. The Hall–Kier alpha value is -3.39. The summed E-state index contributed by atoms with van der Waals surface area (Å²) >= 11 is 0. The van der Waals surface area contributed by atoms with E-state index >= 15 is 0 Å². The van der Waals surface area contributed by atoms with Crippen LogP contribution in [0.1, 0.15) is 49.1 Å². The van der Waals surface area contributed by atoms with Gasteiger partial charge in [-0.2, -0.15) is 0 Å². The van der Waals surface area contributed by atoms with E-state index < -0.39 is 36.5 Å². The lowest BCUT2D eigenvalue weighted by atomic mass is 9.98. The molecule has 0 spiro atoms. The number of rotatable bonds is 9. The van der Waals surface area contributed by atoms with Crippen molar-refractivity contribution < 1.29 is 29.3 Å². The largest absolute Gasteiger partial charge is 0.481 e. The minimum absolute atomic E-state index is 0.0581. The van der Waals surface area contributed by atoms with Gasteiger partial charge < -0.3 is 25.6 Å². The number of fused-ring (bicyclic) bond motifs is 3. The van der Waals surface area contributed by atoms with E-state index in [9.17, 15) is 24.6 Å². The van der Waals surface area contributed by atoms with Crippen molar-refractivity contribution >= 4 is 18.0 Å². The van der Waals surface area contributed by atoms with Gasteiger partial charge in [0.15, 0.2) is 0 Å². The highest BCUT2D eigenvalue weighted by Gasteiger charge is 2.32. The van der Waals surface area contributed by atoms with Gasteiger partial charge in [-0.15, -0.1) is 0 Å². The van der Waals surface area contributed by atoms with Gasteiger partial charge in [-0.25, -0.2) is 4.79 Å². The molecule has 2 amide bonds. The van der Waals surface area contributed by atoms with Crippen molar-refractivity contribution in [1.82, 2.24) is 10.6 Å². The number of aliphatic carboxylic acids is 1. The van der Waals surface area contributed by atoms with E-state index in [1.807, 2.05) is 48.5 Å². The van der Waals surface area contributed by atoms with Crippen molar-refractivity contribution in [2.45, 2.75) is 50.1 Å². The molecular weight excluding hydrogens is 436 g/mol. The summed E-state index contributed by atoms with van der Waals surface area (Å²) < 4.78 is 5.46. The maximum absolute atomic E-state index is 12.8. The number of carbonyl (C=O) groups excluding carboxylic acids is 2. The summed E-state index contributed by atoms with van der Waals surface area (Å²) in [5.41, 5.74) is 4.30. The second-order valence-electron chi connectivity index (χ2n) is 8.96. The standard InChI is InChI=1S/C26H30N2O6/c29-14-23(16-7-1-2-8-16)27-25(32)22(13-24(30)31)28-26(33)34-15-21-19-11-5-3-9-17(19)18-10-4-6-12-20(18)21/h3-6,9-12,16,21-23,29H,1-2,7-8,13-15H2,(H,27,32)(H,28,33)(H,30,31). The van der Waals surface area contributed by atoms with Crippen LogP contribution in [0.4, 0.5) is 4.79 Å². The van der Waals surface area contributed by atoms with Crippen molar-refractivity contribution in [2.24, 2.45) is 5.92 Å². The van der Waals surface area contributed by atoms with Crippen LogP contribution < -0.4 is 10.6 Å². The molecule has 4 N–H and O–H groups in total. The summed E-state index contributed by atoms with van der Waals surface area (Å²) in [6, 6.07) is 14.1. The molecule has 34 heavy (non-hydrogen) atoms. The number of aliphatic hydroxyl groups excluding tert-OH is 1. The Morgan fingerprint density at radius 1 is 0.941 bits per heavy atom. The topological polar surface area (TPSA) is 125 Å². The molecule has 0 radical (unpaired) electrons. The highest BCUT2D eigenvalue weighted by Crippen LogP contribution is 2.44. The Kier molecular flexibility index (Phi) is 7.47. The summed E-state index contributed by atoms with van der Waals surface area (Å²) in [4.78, 5) is 36.7. The van der Waals surface area contributed by atoms with Crippen LogP contribution in [0.3, 0.4) is 0 Å². The molecule has 2 aromatic rings.